The van der Waals surface area contributed by atoms with Crippen LogP contribution < -0.4 is 11.1 Å². The second kappa shape index (κ2) is 8.06. The van der Waals surface area contributed by atoms with E-state index in [0.717, 1.165) is 53.3 Å². The maximum Gasteiger partial charge on any atom is 0.250 e. The molecule has 0 saturated carbocycles. The van der Waals surface area contributed by atoms with Crippen LogP contribution in [0.15, 0.2) is 60.8 Å². The lowest BCUT2D eigenvalue weighted by atomic mass is 10.0. The lowest BCUT2D eigenvalue weighted by Crippen LogP contribution is -2.21. The first-order valence-electron chi connectivity index (χ1n) is 9.33. The lowest BCUT2D eigenvalue weighted by Gasteiger charge is -2.13. The number of hydrogen-bond acceptors (Lipinski definition) is 3. The van der Waals surface area contributed by atoms with Crippen molar-refractivity contribution in [3.8, 4) is 11.3 Å². The van der Waals surface area contributed by atoms with Gasteiger partial charge in [0.2, 0.25) is 0 Å². The van der Waals surface area contributed by atoms with Crippen molar-refractivity contribution in [1.82, 2.24) is 15.3 Å². The summed E-state index contributed by atoms with van der Waals surface area (Å²) in [6.07, 6.45) is 8.75. The maximum absolute atomic E-state index is 12.0. The van der Waals surface area contributed by atoms with Crippen LogP contribution in [0, 0.1) is 0 Å². The summed E-state index contributed by atoms with van der Waals surface area (Å²) in [6.45, 7) is 1.69. The van der Waals surface area contributed by atoms with Crippen LogP contribution in [0.3, 0.4) is 0 Å². The van der Waals surface area contributed by atoms with Gasteiger partial charge in [0.05, 0.1) is 17.0 Å². The number of H-pyrrole nitrogens is 1. The molecule has 2 aromatic heterocycles. The zero-order valence-corrected chi connectivity index (χ0v) is 15.5. The van der Waals surface area contributed by atoms with Crippen LogP contribution in [-0.4, -0.2) is 29.0 Å². The summed E-state index contributed by atoms with van der Waals surface area (Å²) in [6, 6.07) is 15.9. The Balaban J connectivity index is 1.67. The minimum Gasteiger partial charge on any atom is -0.366 e. The summed E-state index contributed by atoms with van der Waals surface area (Å²) < 4.78 is 0. The topological polar surface area (TPSA) is 83.8 Å². The van der Waals surface area contributed by atoms with E-state index in [1.165, 1.54) is 0 Å². The Labute approximate surface area is 164 Å². The molecule has 0 aliphatic carbocycles. The Morgan fingerprint density at radius 3 is 2.71 bits per heavy atom. The monoisotopic (exact) mass is 370 g/mol. The number of hydrogen-bond donors (Lipinski definition) is 3. The quantitative estimate of drug-likeness (QED) is 0.640. The fraction of sp³-hybridized carbons (Fsp3) is 0.130. The summed E-state index contributed by atoms with van der Waals surface area (Å²) in [7, 11) is 0. The molecular formula is C23H22N4O. The van der Waals surface area contributed by atoms with Gasteiger partial charge >= 0.3 is 0 Å². The number of amides is 1. The van der Waals surface area contributed by atoms with E-state index in [4.69, 9.17) is 5.73 Å². The van der Waals surface area contributed by atoms with E-state index in [9.17, 15) is 4.79 Å². The standard InChI is InChI=1S/C23H22N4O/c24-23(28)20-15-21(27-22(20)17-8-11-25-12-9-17)18-10-13-26-19(14-18)7-6-16-4-2-1-3-5-16/h1-8,10,13-15,25,27H,9,11-12H2,(H2,24,28). The highest BCUT2D eigenvalue weighted by Crippen LogP contribution is 2.28. The van der Waals surface area contributed by atoms with Crippen molar-refractivity contribution in [2.24, 2.45) is 5.73 Å². The van der Waals surface area contributed by atoms with Gasteiger partial charge in [0.15, 0.2) is 0 Å². The molecule has 0 radical (unpaired) electrons. The van der Waals surface area contributed by atoms with Crippen LogP contribution in [-0.2, 0) is 0 Å². The van der Waals surface area contributed by atoms with Crippen LogP contribution in [0.5, 0.6) is 0 Å². The fourth-order valence-electron chi connectivity index (χ4n) is 3.36. The third-order valence-electron chi connectivity index (χ3n) is 4.81. The molecule has 1 aliphatic rings. The van der Waals surface area contributed by atoms with Crippen molar-refractivity contribution in [2.75, 3.05) is 13.1 Å². The number of carbonyl (C=O) groups excluding carboxylic acids is 1. The molecule has 0 fully saturated rings. The predicted molar refractivity (Wildman–Crippen MR) is 113 cm³/mol. The van der Waals surface area contributed by atoms with Gasteiger partial charge in [-0.15, -0.1) is 0 Å². The molecule has 0 spiro atoms. The fourth-order valence-corrected chi connectivity index (χ4v) is 3.36. The maximum atomic E-state index is 12.0. The smallest absolute Gasteiger partial charge is 0.250 e. The molecular weight excluding hydrogens is 348 g/mol. The third-order valence-corrected chi connectivity index (χ3v) is 4.81. The van der Waals surface area contributed by atoms with Crippen LogP contribution >= 0.6 is 0 Å². The van der Waals surface area contributed by atoms with E-state index in [1.807, 2.05) is 60.7 Å². The van der Waals surface area contributed by atoms with Gasteiger partial charge < -0.3 is 16.0 Å². The molecule has 4 N–H and O–H groups in total. The number of pyridine rings is 1. The number of nitrogens with two attached hydrogens (primary N) is 1. The Hall–Kier alpha value is -3.44. The summed E-state index contributed by atoms with van der Waals surface area (Å²) >= 11 is 0. The first-order chi connectivity index (χ1) is 13.7. The highest BCUT2D eigenvalue weighted by Gasteiger charge is 2.18. The SMILES string of the molecule is NC(=O)c1cc(-c2ccnc(C=Cc3ccccc3)c2)[nH]c1C1=CCNCC1. The number of nitrogens with zero attached hydrogens (tertiary/aromatic N) is 1. The Kier molecular flexibility index (Phi) is 5.17. The van der Waals surface area contributed by atoms with Gasteiger partial charge in [0.1, 0.15) is 0 Å². The van der Waals surface area contributed by atoms with Crippen molar-refractivity contribution in [3.63, 3.8) is 0 Å². The number of rotatable bonds is 5. The minimum absolute atomic E-state index is 0.421. The van der Waals surface area contributed by atoms with Gasteiger partial charge in [0.25, 0.3) is 5.91 Å². The highest BCUT2D eigenvalue weighted by molar-refractivity contribution is 5.99. The van der Waals surface area contributed by atoms with Gasteiger partial charge in [-0.25, -0.2) is 0 Å². The molecule has 5 heteroatoms. The number of primary amides is 1. The lowest BCUT2D eigenvalue weighted by molar-refractivity contribution is 0.1000. The van der Waals surface area contributed by atoms with Crippen LogP contribution in [0.25, 0.3) is 29.0 Å². The summed E-state index contributed by atoms with van der Waals surface area (Å²) in [5.41, 5.74) is 11.9. The molecule has 4 rings (SSSR count). The van der Waals surface area contributed by atoms with Crippen molar-refractivity contribution in [1.29, 1.82) is 0 Å². The number of nitrogens with one attached hydrogen (secondary N) is 2. The molecule has 140 valence electrons. The third kappa shape index (κ3) is 3.94. The molecule has 1 amide bonds. The van der Waals surface area contributed by atoms with Crippen molar-refractivity contribution in [3.05, 3.63) is 83.3 Å². The Morgan fingerprint density at radius 1 is 1.11 bits per heavy atom. The van der Waals surface area contributed by atoms with Gasteiger partial charge in [0, 0.05) is 24.0 Å². The molecule has 0 atom stereocenters. The van der Waals surface area contributed by atoms with Gasteiger partial charge in [-0.1, -0.05) is 42.5 Å². The van der Waals surface area contributed by atoms with Crippen molar-refractivity contribution < 1.29 is 4.79 Å². The first-order valence-corrected chi connectivity index (χ1v) is 9.33. The zero-order valence-electron chi connectivity index (χ0n) is 15.5. The van der Waals surface area contributed by atoms with Gasteiger partial charge in [-0.05, 0) is 48.4 Å². The molecule has 1 aromatic carbocycles. The minimum atomic E-state index is -0.421. The molecule has 0 bridgehead atoms. The molecule has 0 unspecified atom stereocenters. The molecule has 3 aromatic rings. The largest absolute Gasteiger partial charge is 0.366 e. The molecule has 3 heterocycles. The second-order valence-corrected chi connectivity index (χ2v) is 6.73. The van der Waals surface area contributed by atoms with Crippen LogP contribution in [0.1, 0.15) is 33.7 Å². The van der Waals surface area contributed by atoms with E-state index < -0.39 is 5.91 Å². The average Bonchev–Trinajstić information content (AvgIpc) is 3.20. The number of carbonyl (C=O) groups is 1. The summed E-state index contributed by atoms with van der Waals surface area (Å²) in [5.74, 6) is -0.421. The second-order valence-electron chi connectivity index (χ2n) is 6.73. The average molecular weight is 370 g/mol. The number of aromatic amines is 1. The number of aromatic nitrogens is 2. The van der Waals surface area contributed by atoms with Gasteiger partial charge in [-0.3, -0.25) is 9.78 Å². The zero-order chi connectivity index (χ0) is 19.3. The van der Waals surface area contributed by atoms with Crippen molar-refractivity contribution >= 4 is 23.6 Å². The van der Waals surface area contributed by atoms with Gasteiger partial charge in [-0.2, -0.15) is 0 Å². The summed E-state index contributed by atoms with van der Waals surface area (Å²) in [4.78, 5) is 19.8. The molecule has 1 aliphatic heterocycles. The van der Waals surface area contributed by atoms with Crippen molar-refractivity contribution in [2.45, 2.75) is 6.42 Å². The molecule has 0 saturated heterocycles. The van der Waals surface area contributed by atoms with E-state index in [1.54, 1.807) is 6.20 Å². The predicted octanol–water partition coefficient (Wildman–Crippen LogP) is 3.72. The van der Waals surface area contributed by atoms with Crippen LogP contribution in [0.4, 0.5) is 0 Å². The van der Waals surface area contributed by atoms with E-state index in [0.29, 0.717) is 5.56 Å². The molecule has 28 heavy (non-hydrogen) atoms. The first kappa shape index (κ1) is 17.9. The van der Waals surface area contributed by atoms with E-state index in [2.05, 4.69) is 21.4 Å². The highest BCUT2D eigenvalue weighted by atomic mass is 16.1. The Bertz CT molecular complexity index is 1050. The van der Waals surface area contributed by atoms with Crippen LogP contribution in [0.2, 0.25) is 0 Å². The normalized spacial score (nSPS) is 14.2. The molecule has 5 nitrogen and oxygen atoms in total. The van der Waals surface area contributed by atoms with E-state index in [-0.39, 0.29) is 0 Å². The van der Waals surface area contributed by atoms with E-state index >= 15 is 0 Å². The summed E-state index contributed by atoms with van der Waals surface area (Å²) in [5, 5.41) is 3.28. The number of benzene rings is 1. The Morgan fingerprint density at radius 2 is 1.96 bits per heavy atom.